The van der Waals surface area contributed by atoms with Crippen LogP contribution in [0.5, 0.6) is 0 Å². The van der Waals surface area contributed by atoms with E-state index in [-0.39, 0.29) is 31.1 Å². The molecular formula is C67H120O6. The van der Waals surface area contributed by atoms with Gasteiger partial charge in [-0.1, -0.05) is 306 Å². The van der Waals surface area contributed by atoms with Crippen LogP contribution in [-0.2, 0) is 28.6 Å². The van der Waals surface area contributed by atoms with Crippen molar-refractivity contribution in [2.45, 2.75) is 335 Å². The van der Waals surface area contributed by atoms with Gasteiger partial charge in [-0.25, -0.2) is 0 Å². The van der Waals surface area contributed by atoms with Gasteiger partial charge in [0.25, 0.3) is 0 Å². The number of hydrogen-bond donors (Lipinski definition) is 0. The van der Waals surface area contributed by atoms with Gasteiger partial charge in [-0.2, -0.15) is 0 Å². The Morgan fingerprint density at radius 3 is 0.836 bits per heavy atom. The number of hydrogen-bond acceptors (Lipinski definition) is 6. The highest BCUT2D eigenvalue weighted by Crippen LogP contribution is 2.17. The summed E-state index contributed by atoms with van der Waals surface area (Å²) in [5.41, 5.74) is 0. The third-order valence-corrected chi connectivity index (χ3v) is 14.0. The summed E-state index contributed by atoms with van der Waals surface area (Å²) in [6.45, 7) is 6.55. The second-order valence-corrected chi connectivity index (χ2v) is 21.3. The van der Waals surface area contributed by atoms with Crippen LogP contribution in [0.3, 0.4) is 0 Å². The predicted molar refractivity (Wildman–Crippen MR) is 316 cm³/mol. The van der Waals surface area contributed by atoms with E-state index in [1.807, 2.05) is 0 Å². The van der Waals surface area contributed by atoms with E-state index >= 15 is 0 Å². The molecule has 0 heterocycles. The zero-order valence-electron chi connectivity index (χ0n) is 48.7. The van der Waals surface area contributed by atoms with E-state index in [0.29, 0.717) is 19.3 Å². The molecule has 0 aromatic rings. The molecule has 1 unspecified atom stereocenters. The second kappa shape index (κ2) is 61.7. The first kappa shape index (κ1) is 70.1. The van der Waals surface area contributed by atoms with Gasteiger partial charge in [0, 0.05) is 19.3 Å². The standard InChI is InChI=1S/C67H120O6/c1-4-7-10-13-16-19-22-24-26-27-28-29-30-31-32-33-34-35-36-37-38-39-40-41-42-44-45-48-51-54-57-60-66(69)72-63-64(62-71-65(68)59-56-53-50-47-21-18-15-12-9-6-3)73-67(70)61-58-55-52-49-46-43-25-23-20-17-14-11-8-5-2/h7,10,16,19,24,26,28-29,31-32,64H,4-6,8-9,11-15,17-18,20-23,25,27,30,33-63H2,1-3H3/b10-7-,19-16-,26-24-,29-28-,32-31-. The highest BCUT2D eigenvalue weighted by Gasteiger charge is 2.19. The molecule has 0 fully saturated rings. The fourth-order valence-corrected chi connectivity index (χ4v) is 9.30. The molecule has 0 saturated carbocycles. The van der Waals surface area contributed by atoms with Gasteiger partial charge in [-0.05, 0) is 64.2 Å². The molecular weight excluding hydrogens is 901 g/mol. The third kappa shape index (κ3) is 59.9. The van der Waals surface area contributed by atoms with Crippen LogP contribution in [0.4, 0.5) is 0 Å². The van der Waals surface area contributed by atoms with Gasteiger partial charge in [-0.3, -0.25) is 14.4 Å². The molecule has 6 nitrogen and oxygen atoms in total. The SMILES string of the molecule is CC/C=C\C/C=C\C/C=C\C/C=C\C/C=C\CCCCCCCCCCCCCCCCCC(=O)OCC(COC(=O)CCCCCCCCCCCC)OC(=O)CCCCCCCCCCCCCCCC. The van der Waals surface area contributed by atoms with Gasteiger partial charge in [0.05, 0.1) is 0 Å². The molecule has 0 amide bonds. The van der Waals surface area contributed by atoms with Crippen molar-refractivity contribution in [1.82, 2.24) is 0 Å². The fraction of sp³-hybridized carbons (Fsp3) is 0.806. The number of allylic oxidation sites excluding steroid dienone is 10. The smallest absolute Gasteiger partial charge is 0.306 e. The number of esters is 3. The lowest BCUT2D eigenvalue weighted by molar-refractivity contribution is -0.167. The molecule has 73 heavy (non-hydrogen) atoms. The zero-order chi connectivity index (χ0) is 52.9. The minimum atomic E-state index is -0.768. The Morgan fingerprint density at radius 2 is 0.534 bits per heavy atom. The van der Waals surface area contributed by atoms with Gasteiger partial charge >= 0.3 is 17.9 Å². The highest BCUT2D eigenvalue weighted by atomic mass is 16.6. The topological polar surface area (TPSA) is 78.9 Å². The first-order valence-electron chi connectivity index (χ1n) is 31.8. The molecule has 0 radical (unpaired) electrons. The summed E-state index contributed by atoms with van der Waals surface area (Å²) in [6, 6.07) is 0. The first-order chi connectivity index (χ1) is 36.0. The Balaban J connectivity index is 4.09. The molecule has 0 spiro atoms. The van der Waals surface area contributed by atoms with Crippen molar-refractivity contribution in [3.63, 3.8) is 0 Å². The van der Waals surface area contributed by atoms with E-state index < -0.39 is 6.10 Å². The van der Waals surface area contributed by atoms with Gasteiger partial charge in [0.15, 0.2) is 6.10 Å². The van der Waals surface area contributed by atoms with Crippen LogP contribution in [0.15, 0.2) is 60.8 Å². The first-order valence-corrected chi connectivity index (χ1v) is 31.8. The van der Waals surface area contributed by atoms with Crippen LogP contribution in [0, 0.1) is 0 Å². The normalized spacial score (nSPS) is 12.4. The number of carbonyl (C=O) groups excluding carboxylic acids is 3. The summed E-state index contributed by atoms with van der Waals surface area (Å²) in [4.78, 5) is 38.1. The summed E-state index contributed by atoms with van der Waals surface area (Å²) in [5.74, 6) is -0.851. The number of unbranched alkanes of at least 4 members (excludes halogenated alkanes) is 37. The Labute approximate surface area is 453 Å². The molecule has 424 valence electrons. The largest absolute Gasteiger partial charge is 0.462 e. The van der Waals surface area contributed by atoms with Gasteiger partial charge in [-0.15, -0.1) is 0 Å². The monoisotopic (exact) mass is 1020 g/mol. The molecule has 1 atom stereocenters. The lowest BCUT2D eigenvalue weighted by atomic mass is 10.0. The highest BCUT2D eigenvalue weighted by molar-refractivity contribution is 5.71. The van der Waals surface area contributed by atoms with Crippen molar-refractivity contribution in [1.29, 1.82) is 0 Å². The predicted octanol–water partition coefficient (Wildman–Crippen LogP) is 21.6. The van der Waals surface area contributed by atoms with Crippen LogP contribution < -0.4 is 0 Å². The molecule has 0 aliphatic rings. The molecule has 0 aliphatic heterocycles. The summed E-state index contributed by atoms with van der Waals surface area (Å²) in [5, 5.41) is 0. The van der Waals surface area contributed by atoms with Crippen molar-refractivity contribution in [2.75, 3.05) is 13.2 Å². The third-order valence-electron chi connectivity index (χ3n) is 14.0. The van der Waals surface area contributed by atoms with E-state index in [0.717, 1.165) is 89.9 Å². The summed E-state index contributed by atoms with van der Waals surface area (Å²) in [6.07, 6.45) is 78.1. The Bertz CT molecular complexity index is 1310. The Kier molecular flexibility index (Phi) is 59.2. The van der Waals surface area contributed by atoms with Crippen molar-refractivity contribution >= 4 is 17.9 Å². The van der Waals surface area contributed by atoms with Crippen molar-refractivity contribution in [3.05, 3.63) is 60.8 Å². The van der Waals surface area contributed by atoms with Gasteiger partial charge < -0.3 is 14.2 Å². The number of carbonyl (C=O) groups is 3. The second-order valence-electron chi connectivity index (χ2n) is 21.3. The maximum atomic E-state index is 12.8. The molecule has 6 heteroatoms. The maximum Gasteiger partial charge on any atom is 0.306 e. The fourth-order valence-electron chi connectivity index (χ4n) is 9.30. The zero-order valence-corrected chi connectivity index (χ0v) is 48.7. The summed E-state index contributed by atoms with van der Waals surface area (Å²) < 4.78 is 16.9. The van der Waals surface area contributed by atoms with Crippen molar-refractivity contribution in [3.8, 4) is 0 Å². The Hall–Kier alpha value is -2.89. The summed E-state index contributed by atoms with van der Waals surface area (Å²) >= 11 is 0. The quantitative estimate of drug-likeness (QED) is 0.0261. The minimum absolute atomic E-state index is 0.0676. The lowest BCUT2D eigenvalue weighted by Crippen LogP contribution is -2.30. The van der Waals surface area contributed by atoms with Gasteiger partial charge in [0.2, 0.25) is 0 Å². The lowest BCUT2D eigenvalue weighted by Gasteiger charge is -2.18. The van der Waals surface area contributed by atoms with Crippen molar-refractivity contribution in [2.24, 2.45) is 0 Å². The molecule has 0 rings (SSSR count). The molecule has 0 aromatic carbocycles. The average molecular weight is 1020 g/mol. The van der Waals surface area contributed by atoms with E-state index in [4.69, 9.17) is 14.2 Å². The van der Waals surface area contributed by atoms with E-state index in [1.165, 1.54) is 199 Å². The van der Waals surface area contributed by atoms with E-state index in [1.54, 1.807) is 0 Å². The number of rotatable bonds is 58. The molecule has 0 aliphatic carbocycles. The molecule has 0 aromatic heterocycles. The van der Waals surface area contributed by atoms with E-state index in [9.17, 15) is 14.4 Å². The van der Waals surface area contributed by atoms with Crippen LogP contribution in [0.1, 0.15) is 329 Å². The van der Waals surface area contributed by atoms with Crippen molar-refractivity contribution < 1.29 is 28.6 Å². The van der Waals surface area contributed by atoms with Crippen LogP contribution in [0.2, 0.25) is 0 Å². The summed E-state index contributed by atoms with van der Waals surface area (Å²) in [7, 11) is 0. The average Bonchev–Trinajstić information content (AvgIpc) is 3.39. The number of ether oxygens (including phenoxy) is 3. The van der Waals surface area contributed by atoms with Crippen LogP contribution in [-0.4, -0.2) is 37.2 Å². The molecule has 0 N–H and O–H groups in total. The molecule has 0 saturated heterocycles. The van der Waals surface area contributed by atoms with Gasteiger partial charge in [0.1, 0.15) is 13.2 Å². The minimum Gasteiger partial charge on any atom is -0.462 e. The van der Waals surface area contributed by atoms with E-state index in [2.05, 4.69) is 81.5 Å². The van der Waals surface area contributed by atoms with Crippen LogP contribution in [0.25, 0.3) is 0 Å². The maximum absolute atomic E-state index is 12.8. The van der Waals surface area contributed by atoms with Crippen LogP contribution >= 0.6 is 0 Å². The Morgan fingerprint density at radius 1 is 0.288 bits per heavy atom. The molecule has 0 bridgehead atoms.